The first-order valence-electron chi connectivity index (χ1n) is 5.92. The first kappa shape index (κ1) is 13.4. The fraction of sp³-hybridized carbons (Fsp3) is 0.429. The summed E-state index contributed by atoms with van der Waals surface area (Å²) < 4.78 is 4.56. The van der Waals surface area contributed by atoms with Gasteiger partial charge < -0.3 is 4.74 Å². The van der Waals surface area contributed by atoms with Crippen LogP contribution in [0.5, 0.6) is 0 Å². The Morgan fingerprint density at radius 2 is 2.06 bits per heavy atom. The molecule has 17 heavy (non-hydrogen) atoms. The Balaban J connectivity index is 2.05. The van der Waals surface area contributed by atoms with E-state index in [1.54, 1.807) is 0 Å². The van der Waals surface area contributed by atoms with Crippen molar-refractivity contribution in [2.45, 2.75) is 32.2 Å². The number of carbonyl (C=O) groups is 1. The van der Waals surface area contributed by atoms with Gasteiger partial charge in [-0.15, -0.1) is 0 Å². The third-order valence-electron chi connectivity index (χ3n) is 2.44. The monoisotopic (exact) mass is 233 g/mol. The summed E-state index contributed by atoms with van der Waals surface area (Å²) in [5.41, 5.74) is 1.22. The highest BCUT2D eigenvalue weighted by molar-refractivity contribution is 5.69. The molecule has 0 radical (unpaired) electrons. The predicted molar refractivity (Wildman–Crippen MR) is 69.1 cm³/mol. The number of unbranched alkanes of at least 4 members (excludes halogenated alkanes) is 2. The number of hydrogen-bond donors (Lipinski definition) is 0. The van der Waals surface area contributed by atoms with Gasteiger partial charge in [-0.3, -0.25) is 9.79 Å². The van der Waals surface area contributed by atoms with Gasteiger partial charge in [0.15, 0.2) is 0 Å². The maximum atomic E-state index is 10.8. The van der Waals surface area contributed by atoms with E-state index >= 15 is 0 Å². The highest BCUT2D eigenvalue weighted by Crippen LogP contribution is 2.02. The fourth-order valence-corrected chi connectivity index (χ4v) is 1.45. The minimum absolute atomic E-state index is 0.133. The molecule has 0 saturated heterocycles. The van der Waals surface area contributed by atoms with E-state index < -0.39 is 0 Å². The van der Waals surface area contributed by atoms with Gasteiger partial charge in [0.1, 0.15) is 0 Å². The van der Waals surface area contributed by atoms with Crippen molar-refractivity contribution in [3.63, 3.8) is 0 Å². The van der Waals surface area contributed by atoms with Crippen LogP contribution in [0.15, 0.2) is 35.3 Å². The lowest BCUT2D eigenvalue weighted by molar-refractivity contribution is -0.140. The van der Waals surface area contributed by atoms with Crippen molar-refractivity contribution in [2.24, 2.45) is 4.99 Å². The molecule has 1 aromatic rings. The van der Waals surface area contributed by atoms with Gasteiger partial charge in [-0.25, -0.2) is 0 Å². The molecule has 1 aromatic carbocycles. The molecule has 0 fully saturated rings. The van der Waals surface area contributed by atoms with Crippen LogP contribution in [-0.2, 0) is 16.1 Å². The maximum Gasteiger partial charge on any atom is 0.305 e. The normalized spacial score (nSPS) is 10.6. The number of ether oxygens (including phenoxy) is 1. The molecule has 0 spiro atoms. The molecule has 0 aliphatic heterocycles. The third kappa shape index (κ3) is 6.51. The number of carbonyl (C=O) groups excluding carboxylic acids is 1. The van der Waals surface area contributed by atoms with Gasteiger partial charge in [0.2, 0.25) is 0 Å². The molecule has 0 aromatic heterocycles. The second-order valence-electron chi connectivity index (χ2n) is 3.83. The zero-order valence-electron chi connectivity index (χ0n) is 10.3. The Morgan fingerprint density at radius 1 is 1.29 bits per heavy atom. The Hall–Kier alpha value is -1.64. The smallest absolute Gasteiger partial charge is 0.305 e. The lowest BCUT2D eigenvalue weighted by Gasteiger charge is -1.97. The van der Waals surface area contributed by atoms with Crippen molar-refractivity contribution < 1.29 is 9.53 Å². The molecule has 0 unspecified atom stereocenters. The Morgan fingerprint density at radius 3 is 2.76 bits per heavy atom. The van der Waals surface area contributed by atoms with E-state index in [1.807, 2.05) is 24.4 Å². The first-order chi connectivity index (χ1) is 8.33. The molecule has 3 nitrogen and oxygen atoms in total. The van der Waals surface area contributed by atoms with Crippen LogP contribution in [0.25, 0.3) is 0 Å². The minimum atomic E-state index is -0.133. The Bertz CT molecular complexity index is 346. The SMILES string of the molecule is COC(=O)CCCCC=NCc1ccccc1. The summed E-state index contributed by atoms with van der Waals surface area (Å²) in [6, 6.07) is 10.2. The highest BCUT2D eigenvalue weighted by atomic mass is 16.5. The van der Waals surface area contributed by atoms with Crippen LogP contribution < -0.4 is 0 Å². The molecule has 0 amide bonds. The van der Waals surface area contributed by atoms with Gasteiger partial charge in [-0.2, -0.15) is 0 Å². The molecular formula is C14H19NO2. The Kier molecular flexibility index (Phi) is 6.72. The summed E-state index contributed by atoms with van der Waals surface area (Å²) >= 11 is 0. The zero-order chi connectivity index (χ0) is 12.3. The lowest BCUT2D eigenvalue weighted by atomic mass is 10.2. The van der Waals surface area contributed by atoms with Crippen LogP contribution in [0.4, 0.5) is 0 Å². The van der Waals surface area contributed by atoms with Gasteiger partial charge in [-0.1, -0.05) is 30.3 Å². The Labute approximate surface area is 103 Å². The second-order valence-corrected chi connectivity index (χ2v) is 3.83. The first-order valence-corrected chi connectivity index (χ1v) is 5.92. The summed E-state index contributed by atoms with van der Waals surface area (Å²) in [5, 5.41) is 0. The number of esters is 1. The average Bonchev–Trinajstić information content (AvgIpc) is 2.38. The zero-order valence-corrected chi connectivity index (χ0v) is 10.3. The van der Waals surface area contributed by atoms with Gasteiger partial charge in [0.05, 0.1) is 13.7 Å². The number of hydrogen-bond acceptors (Lipinski definition) is 3. The summed E-state index contributed by atoms with van der Waals surface area (Å²) in [5.74, 6) is -0.133. The van der Waals surface area contributed by atoms with Gasteiger partial charge in [0.25, 0.3) is 0 Å². The summed E-state index contributed by atoms with van der Waals surface area (Å²) in [4.78, 5) is 15.2. The van der Waals surface area contributed by atoms with E-state index in [0.29, 0.717) is 6.42 Å². The number of methoxy groups -OCH3 is 1. The van der Waals surface area contributed by atoms with Crippen molar-refractivity contribution in [1.29, 1.82) is 0 Å². The van der Waals surface area contributed by atoms with Crippen LogP contribution in [0.1, 0.15) is 31.2 Å². The van der Waals surface area contributed by atoms with Crippen molar-refractivity contribution in [3.05, 3.63) is 35.9 Å². The quantitative estimate of drug-likeness (QED) is 0.412. The molecule has 0 aliphatic rings. The number of aliphatic imine (C=N–C) groups is 1. The van der Waals surface area contributed by atoms with Gasteiger partial charge in [-0.05, 0) is 31.0 Å². The standard InChI is InChI=1S/C14H19NO2/c1-17-14(16)10-6-3-7-11-15-12-13-8-4-2-5-9-13/h2,4-5,8-9,11H,3,6-7,10,12H2,1H3. The molecule has 0 bridgehead atoms. The summed E-state index contributed by atoms with van der Waals surface area (Å²) in [7, 11) is 1.42. The molecule has 3 heteroatoms. The van der Waals surface area contributed by atoms with Crippen LogP contribution in [-0.4, -0.2) is 19.3 Å². The van der Waals surface area contributed by atoms with Crippen LogP contribution in [0.2, 0.25) is 0 Å². The van der Waals surface area contributed by atoms with E-state index in [2.05, 4.69) is 21.9 Å². The van der Waals surface area contributed by atoms with Crippen molar-refractivity contribution in [1.82, 2.24) is 0 Å². The van der Waals surface area contributed by atoms with Crippen LogP contribution in [0.3, 0.4) is 0 Å². The van der Waals surface area contributed by atoms with Crippen LogP contribution >= 0.6 is 0 Å². The van der Waals surface area contributed by atoms with Gasteiger partial charge >= 0.3 is 5.97 Å². The van der Waals surface area contributed by atoms with E-state index in [9.17, 15) is 4.79 Å². The number of rotatable bonds is 7. The summed E-state index contributed by atoms with van der Waals surface area (Å²) in [6.45, 7) is 0.734. The molecular weight excluding hydrogens is 214 g/mol. The molecule has 0 saturated carbocycles. The molecule has 0 atom stereocenters. The van der Waals surface area contributed by atoms with Crippen molar-refractivity contribution >= 4 is 12.2 Å². The fourth-order valence-electron chi connectivity index (χ4n) is 1.45. The second kappa shape index (κ2) is 8.50. The van der Waals surface area contributed by atoms with Gasteiger partial charge in [0, 0.05) is 6.42 Å². The minimum Gasteiger partial charge on any atom is -0.469 e. The van der Waals surface area contributed by atoms with Crippen molar-refractivity contribution in [3.8, 4) is 0 Å². The topological polar surface area (TPSA) is 38.7 Å². The molecule has 0 aliphatic carbocycles. The van der Waals surface area contributed by atoms with E-state index in [-0.39, 0.29) is 5.97 Å². The van der Waals surface area contributed by atoms with Crippen molar-refractivity contribution in [2.75, 3.05) is 7.11 Å². The molecule has 1 rings (SSSR count). The molecule has 0 N–H and O–H groups in total. The van der Waals surface area contributed by atoms with E-state index in [0.717, 1.165) is 25.8 Å². The van der Waals surface area contributed by atoms with E-state index in [1.165, 1.54) is 12.7 Å². The molecule has 0 heterocycles. The molecule has 92 valence electrons. The van der Waals surface area contributed by atoms with E-state index in [4.69, 9.17) is 0 Å². The number of nitrogens with zero attached hydrogens (tertiary/aromatic N) is 1. The third-order valence-corrected chi connectivity index (χ3v) is 2.44. The maximum absolute atomic E-state index is 10.8. The van der Waals surface area contributed by atoms with Crippen LogP contribution in [0, 0.1) is 0 Å². The predicted octanol–water partition coefficient (Wildman–Crippen LogP) is 2.99. The number of benzene rings is 1. The summed E-state index contributed by atoms with van der Waals surface area (Å²) in [6.07, 6.45) is 5.20. The average molecular weight is 233 g/mol. The largest absolute Gasteiger partial charge is 0.469 e. The lowest BCUT2D eigenvalue weighted by Crippen LogP contribution is -1.99. The highest BCUT2D eigenvalue weighted by Gasteiger charge is 1.97.